The van der Waals surface area contributed by atoms with Crippen LogP contribution in [-0.2, 0) is 0 Å². The number of nitro groups is 1. The first-order valence-corrected chi connectivity index (χ1v) is 6.13. The molecule has 0 fully saturated rings. The van der Waals surface area contributed by atoms with Gasteiger partial charge < -0.3 is 20.1 Å². The van der Waals surface area contributed by atoms with Crippen molar-refractivity contribution >= 4 is 27.9 Å². The van der Waals surface area contributed by atoms with E-state index >= 15 is 0 Å². The Hall–Kier alpha value is -1.93. The van der Waals surface area contributed by atoms with Gasteiger partial charge in [-0.25, -0.2) is 0 Å². The molecule has 2 aromatic rings. The Morgan fingerprint density at radius 3 is 3.11 bits per heavy atom. The summed E-state index contributed by atoms with van der Waals surface area (Å²) in [5.74, 6) is 0.183. The van der Waals surface area contributed by atoms with Gasteiger partial charge in [0.2, 0.25) is 5.82 Å². The van der Waals surface area contributed by atoms with Crippen molar-refractivity contribution in [2.45, 2.75) is 0 Å². The zero-order valence-corrected chi connectivity index (χ0v) is 10.3. The van der Waals surface area contributed by atoms with Crippen LogP contribution in [-0.4, -0.2) is 39.1 Å². The molecule has 0 unspecified atom stereocenters. The summed E-state index contributed by atoms with van der Waals surface area (Å²) in [6.45, 7) is 4.17. The highest BCUT2D eigenvalue weighted by molar-refractivity contribution is 7.15. The van der Waals surface area contributed by atoms with Gasteiger partial charge in [-0.1, -0.05) is 17.4 Å². The lowest BCUT2D eigenvalue weighted by atomic mass is 10.4. The van der Waals surface area contributed by atoms with Crippen LogP contribution in [0.4, 0.5) is 11.6 Å². The molecule has 2 rings (SSSR count). The fraction of sp³-hybridized carbons (Fsp3) is 0.300. The van der Waals surface area contributed by atoms with Crippen molar-refractivity contribution in [1.82, 2.24) is 9.38 Å². The third-order valence-corrected chi connectivity index (χ3v) is 3.17. The molecule has 0 aliphatic rings. The largest absolute Gasteiger partial charge is 0.395 e. The highest BCUT2D eigenvalue weighted by Crippen LogP contribution is 2.30. The maximum absolute atomic E-state index is 11.1. The number of thiazole rings is 1. The molecule has 0 atom stereocenters. The standard InChI is InChI=1S/C10H12N4O3S/c1-2-3-12(4-6-15)8-9(14(16)17)13-5-7-18-10(13)11-8/h2,5,7,15H,1,3-4,6H2. The van der Waals surface area contributed by atoms with Crippen molar-refractivity contribution in [2.24, 2.45) is 0 Å². The van der Waals surface area contributed by atoms with Gasteiger partial charge in [0.05, 0.1) is 6.61 Å². The van der Waals surface area contributed by atoms with E-state index in [4.69, 9.17) is 5.11 Å². The summed E-state index contributed by atoms with van der Waals surface area (Å²) in [6, 6.07) is 0. The minimum atomic E-state index is -0.463. The zero-order chi connectivity index (χ0) is 13.1. The highest BCUT2D eigenvalue weighted by atomic mass is 32.1. The Morgan fingerprint density at radius 2 is 2.50 bits per heavy atom. The summed E-state index contributed by atoms with van der Waals surface area (Å²) >= 11 is 1.33. The molecule has 0 spiro atoms. The smallest absolute Gasteiger partial charge is 0.373 e. The number of hydrogen-bond donors (Lipinski definition) is 1. The lowest BCUT2D eigenvalue weighted by Gasteiger charge is -2.18. The molecule has 7 nitrogen and oxygen atoms in total. The monoisotopic (exact) mass is 268 g/mol. The van der Waals surface area contributed by atoms with E-state index < -0.39 is 4.92 Å². The fourth-order valence-electron chi connectivity index (χ4n) is 1.70. The maximum atomic E-state index is 11.1. The number of aromatic nitrogens is 2. The van der Waals surface area contributed by atoms with Gasteiger partial charge in [-0.05, 0) is 4.92 Å². The SMILES string of the molecule is C=CCN(CCO)c1nc2sccn2c1[N+](=O)[O-]. The van der Waals surface area contributed by atoms with Crippen LogP contribution in [0.15, 0.2) is 24.2 Å². The number of nitrogens with zero attached hydrogens (tertiary/aromatic N) is 4. The molecule has 8 heteroatoms. The quantitative estimate of drug-likeness (QED) is 0.485. The number of aliphatic hydroxyl groups excluding tert-OH is 1. The molecule has 0 aliphatic heterocycles. The van der Waals surface area contributed by atoms with E-state index in [1.165, 1.54) is 15.7 Å². The summed E-state index contributed by atoms with van der Waals surface area (Å²) in [5, 5.41) is 21.9. The number of rotatable bonds is 6. The lowest BCUT2D eigenvalue weighted by Crippen LogP contribution is -2.27. The van der Waals surface area contributed by atoms with E-state index in [-0.39, 0.29) is 24.8 Å². The average Bonchev–Trinajstić information content (AvgIpc) is 2.87. The summed E-state index contributed by atoms with van der Waals surface area (Å²) in [6.07, 6.45) is 3.23. The Bertz CT molecular complexity index is 577. The minimum absolute atomic E-state index is 0.0819. The number of imidazole rings is 1. The third kappa shape index (κ3) is 2.07. The average molecular weight is 268 g/mol. The molecule has 0 amide bonds. The Kier molecular flexibility index (Phi) is 3.58. The summed E-state index contributed by atoms with van der Waals surface area (Å²) in [4.78, 5) is 17.1. The van der Waals surface area contributed by atoms with Crippen molar-refractivity contribution in [2.75, 3.05) is 24.6 Å². The molecule has 0 radical (unpaired) electrons. The van der Waals surface area contributed by atoms with Crippen molar-refractivity contribution < 1.29 is 10.0 Å². The lowest BCUT2D eigenvalue weighted by molar-refractivity contribution is -0.389. The van der Waals surface area contributed by atoms with Gasteiger partial charge in [0.15, 0.2) is 0 Å². The van der Waals surface area contributed by atoms with E-state index in [2.05, 4.69) is 11.6 Å². The first-order valence-electron chi connectivity index (χ1n) is 5.25. The predicted octanol–water partition coefficient (Wildman–Crippen LogP) is 1.29. The van der Waals surface area contributed by atoms with Crippen molar-refractivity contribution in [3.8, 4) is 0 Å². The molecule has 18 heavy (non-hydrogen) atoms. The van der Waals surface area contributed by atoms with E-state index in [9.17, 15) is 10.1 Å². The first-order chi connectivity index (χ1) is 8.69. The molecule has 2 aromatic heterocycles. The van der Waals surface area contributed by atoms with E-state index in [0.29, 0.717) is 11.5 Å². The van der Waals surface area contributed by atoms with Crippen molar-refractivity contribution in [3.63, 3.8) is 0 Å². The van der Waals surface area contributed by atoms with Gasteiger partial charge >= 0.3 is 5.82 Å². The van der Waals surface area contributed by atoms with Crippen LogP contribution >= 0.6 is 11.3 Å². The Morgan fingerprint density at radius 1 is 1.72 bits per heavy atom. The molecule has 2 heterocycles. The van der Waals surface area contributed by atoms with Crippen LogP contribution in [0, 0.1) is 10.1 Å². The molecule has 0 bridgehead atoms. The van der Waals surface area contributed by atoms with Gasteiger partial charge in [-0.2, -0.15) is 9.38 Å². The number of fused-ring (bicyclic) bond motifs is 1. The maximum Gasteiger partial charge on any atom is 0.373 e. The van der Waals surface area contributed by atoms with Crippen LogP contribution in [0.2, 0.25) is 0 Å². The van der Waals surface area contributed by atoms with Crippen LogP contribution < -0.4 is 4.90 Å². The molecule has 1 N–H and O–H groups in total. The van der Waals surface area contributed by atoms with E-state index in [1.807, 2.05) is 0 Å². The zero-order valence-electron chi connectivity index (χ0n) is 9.52. The number of aliphatic hydroxyl groups is 1. The molecule has 0 aliphatic carbocycles. The van der Waals surface area contributed by atoms with Crippen LogP contribution in [0.25, 0.3) is 4.96 Å². The first kappa shape index (κ1) is 12.5. The third-order valence-electron chi connectivity index (χ3n) is 2.41. The summed E-state index contributed by atoms with van der Waals surface area (Å²) < 4.78 is 1.44. The number of hydrogen-bond acceptors (Lipinski definition) is 6. The molecular weight excluding hydrogens is 256 g/mol. The van der Waals surface area contributed by atoms with Crippen LogP contribution in [0.3, 0.4) is 0 Å². The summed E-state index contributed by atoms with van der Waals surface area (Å²) in [5.41, 5.74) is 0. The Balaban J connectivity index is 2.53. The molecule has 96 valence electrons. The summed E-state index contributed by atoms with van der Waals surface area (Å²) in [7, 11) is 0. The normalized spacial score (nSPS) is 10.7. The molecule has 0 saturated carbocycles. The number of anilines is 1. The van der Waals surface area contributed by atoms with Crippen LogP contribution in [0.5, 0.6) is 0 Å². The van der Waals surface area contributed by atoms with Gasteiger partial charge in [-0.15, -0.1) is 6.58 Å². The van der Waals surface area contributed by atoms with E-state index in [1.54, 1.807) is 22.6 Å². The topological polar surface area (TPSA) is 83.9 Å². The van der Waals surface area contributed by atoms with E-state index in [0.717, 1.165) is 0 Å². The molecule has 0 aromatic carbocycles. The second kappa shape index (κ2) is 5.15. The predicted molar refractivity (Wildman–Crippen MR) is 69.2 cm³/mol. The van der Waals surface area contributed by atoms with Crippen molar-refractivity contribution in [1.29, 1.82) is 0 Å². The fourth-order valence-corrected chi connectivity index (χ4v) is 2.41. The van der Waals surface area contributed by atoms with Gasteiger partial charge in [0, 0.05) is 18.5 Å². The van der Waals surface area contributed by atoms with Gasteiger partial charge in [-0.3, -0.25) is 0 Å². The molecule has 0 saturated heterocycles. The van der Waals surface area contributed by atoms with Crippen LogP contribution in [0.1, 0.15) is 0 Å². The highest BCUT2D eigenvalue weighted by Gasteiger charge is 2.27. The van der Waals surface area contributed by atoms with Gasteiger partial charge in [0.1, 0.15) is 6.20 Å². The molecular formula is C10H12N4O3S. The van der Waals surface area contributed by atoms with Crippen molar-refractivity contribution in [3.05, 3.63) is 34.3 Å². The second-order valence-corrected chi connectivity index (χ2v) is 4.40. The second-order valence-electron chi connectivity index (χ2n) is 3.53. The van der Waals surface area contributed by atoms with Gasteiger partial charge in [0.25, 0.3) is 4.96 Å². The minimum Gasteiger partial charge on any atom is -0.395 e. The Labute approximate surface area is 107 Å².